The summed E-state index contributed by atoms with van der Waals surface area (Å²) in [6.45, 7) is 3.23. The van der Waals surface area contributed by atoms with Gasteiger partial charge in [0, 0.05) is 18.3 Å². The first-order valence-electron chi connectivity index (χ1n) is 8.26. The molecular weight excluding hydrogens is 402 g/mol. The van der Waals surface area contributed by atoms with Gasteiger partial charge >= 0.3 is 0 Å². The second-order valence-electron chi connectivity index (χ2n) is 5.92. The summed E-state index contributed by atoms with van der Waals surface area (Å²) in [5, 5.41) is 8.30. The highest BCUT2D eigenvalue weighted by molar-refractivity contribution is 7.89. The van der Waals surface area contributed by atoms with E-state index in [1.807, 2.05) is 17.5 Å². The highest BCUT2D eigenvalue weighted by Crippen LogP contribution is 2.35. The Kier molecular flexibility index (Phi) is 5.82. The molecule has 8 nitrogen and oxygen atoms in total. The van der Waals surface area contributed by atoms with E-state index >= 15 is 0 Å². The Bertz CT molecular complexity index is 1090. The number of hydrogen-bond acceptors (Lipinski definition) is 7. The summed E-state index contributed by atoms with van der Waals surface area (Å²) >= 11 is 1.46. The predicted molar refractivity (Wildman–Crippen MR) is 106 cm³/mol. The summed E-state index contributed by atoms with van der Waals surface area (Å²) in [5.74, 6) is 0.0408. The smallest absolute Gasteiger partial charge is 0.244 e. The molecule has 0 bridgehead atoms. The van der Waals surface area contributed by atoms with Crippen LogP contribution in [0.3, 0.4) is 0 Å². The molecule has 2 N–H and O–H groups in total. The lowest BCUT2D eigenvalue weighted by atomic mass is 10.1. The van der Waals surface area contributed by atoms with Crippen molar-refractivity contribution < 1.29 is 22.5 Å². The van der Waals surface area contributed by atoms with Crippen molar-refractivity contribution in [1.82, 2.24) is 9.88 Å². The van der Waals surface area contributed by atoms with E-state index < -0.39 is 10.0 Å². The number of benzene rings is 1. The van der Waals surface area contributed by atoms with Crippen molar-refractivity contribution in [3.8, 4) is 16.9 Å². The van der Waals surface area contributed by atoms with Gasteiger partial charge in [-0.1, -0.05) is 17.3 Å². The lowest BCUT2D eigenvalue weighted by molar-refractivity contribution is -0.114. The topological polar surface area (TPSA) is 111 Å². The Morgan fingerprint density at radius 2 is 2.11 bits per heavy atom. The zero-order chi connectivity index (χ0) is 20.3. The summed E-state index contributed by atoms with van der Waals surface area (Å²) in [4.78, 5) is 12.3. The third kappa shape index (κ3) is 4.24. The molecule has 0 aliphatic heterocycles. The first-order valence-corrected chi connectivity index (χ1v) is 10.6. The Labute approximate surface area is 166 Å². The number of nitrogens with one attached hydrogen (secondary N) is 2. The molecule has 0 saturated carbocycles. The van der Waals surface area contributed by atoms with Crippen molar-refractivity contribution in [1.29, 1.82) is 0 Å². The zero-order valence-electron chi connectivity index (χ0n) is 15.5. The number of aryl methyl sites for hydroxylation is 1. The van der Waals surface area contributed by atoms with Crippen molar-refractivity contribution in [2.45, 2.75) is 25.3 Å². The number of carbonyl (C=O) groups is 1. The predicted octanol–water partition coefficient (Wildman–Crippen LogP) is 3.16. The molecule has 0 atom stereocenters. The Morgan fingerprint density at radius 3 is 2.75 bits per heavy atom. The molecule has 0 radical (unpaired) electrons. The molecular formula is C18H19N3O5S2. The fourth-order valence-electron chi connectivity index (χ4n) is 2.65. The molecule has 2 aromatic heterocycles. The molecule has 148 valence electrons. The van der Waals surface area contributed by atoms with Gasteiger partial charge in [-0.2, -0.15) is 0 Å². The van der Waals surface area contributed by atoms with Crippen LogP contribution in [0.2, 0.25) is 0 Å². The molecule has 1 amide bonds. The first kappa shape index (κ1) is 20.1. The van der Waals surface area contributed by atoms with Gasteiger partial charge in [-0.05, 0) is 36.1 Å². The number of nitrogens with zero attached hydrogens (tertiary/aromatic N) is 1. The van der Waals surface area contributed by atoms with E-state index in [-0.39, 0.29) is 29.0 Å². The van der Waals surface area contributed by atoms with Crippen LogP contribution in [0.1, 0.15) is 17.5 Å². The SMILES string of the molecule is COc1ccc(-c2c(C)noc2NC(C)=O)cc1S(=O)(=O)NCc1cccs1. The number of amides is 1. The van der Waals surface area contributed by atoms with Gasteiger partial charge in [-0.15, -0.1) is 11.3 Å². The van der Waals surface area contributed by atoms with E-state index in [1.54, 1.807) is 19.1 Å². The molecule has 3 rings (SSSR count). The third-order valence-corrected chi connectivity index (χ3v) is 6.21. The number of methoxy groups -OCH3 is 1. The van der Waals surface area contributed by atoms with Crippen LogP contribution in [-0.4, -0.2) is 26.6 Å². The largest absolute Gasteiger partial charge is 0.495 e. The van der Waals surface area contributed by atoms with Crippen molar-refractivity contribution in [3.63, 3.8) is 0 Å². The Balaban J connectivity index is 2.01. The normalized spacial score (nSPS) is 11.4. The van der Waals surface area contributed by atoms with Crippen LogP contribution in [0.15, 0.2) is 45.1 Å². The summed E-state index contributed by atoms with van der Waals surface area (Å²) in [5.41, 5.74) is 1.55. The molecule has 0 spiro atoms. The lowest BCUT2D eigenvalue weighted by Gasteiger charge is -2.12. The van der Waals surface area contributed by atoms with Gasteiger partial charge in [0.25, 0.3) is 0 Å². The van der Waals surface area contributed by atoms with Gasteiger partial charge < -0.3 is 9.26 Å². The van der Waals surface area contributed by atoms with Gasteiger partial charge in [0.2, 0.25) is 21.8 Å². The number of thiophene rings is 1. The highest BCUT2D eigenvalue weighted by Gasteiger charge is 2.23. The fourth-order valence-corrected chi connectivity index (χ4v) is 4.59. The molecule has 28 heavy (non-hydrogen) atoms. The van der Waals surface area contributed by atoms with Crippen LogP contribution in [0, 0.1) is 6.92 Å². The molecule has 0 fully saturated rings. The minimum absolute atomic E-state index is 0.0153. The summed E-state index contributed by atoms with van der Waals surface area (Å²) in [6, 6.07) is 8.41. The maximum Gasteiger partial charge on any atom is 0.244 e. The van der Waals surface area contributed by atoms with Crippen molar-refractivity contribution in [3.05, 3.63) is 46.3 Å². The second-order valence-corrected chi connectivity index (χ2v) is 8.69. The average Bonchev–Trinajstić information content (AvgIpc) is 3.29. The molecule has 0 saturated heterocycles. The van der Waals surface area contributed by atoms with Gasteiger partial charge in [0.15, 0.2) is 0 Å². The molecule has 3 aromatic rings. The van der Waals surface area contributed by atoms with Crippen LogP contribution < -0.4 is 14.8 Å². The minimum atomic E-state index is -3.85. The van der Waals surface area contributed by atoms with Gasteiger partial charge in [0.1, 0.15) is 10.6 Å². The van der Waals surface area contributed by atoms with Gasteiger partial charge in [-0.25, -0.2) is 13.1 Å². The van der Waals surface area contributed by atoms with Crippen LogP contribution >= 0.6 is 11.3 Å². The van der Waals surface area contributed by atoms with Crippen molar-refractivity contribution in [2.75, 3.05) is 12.4 Å². The van der Waals surface area contributed by atoms with Crippen LogP contribution in [-0.2, 0) is 21.4 Å². The molecule has 1 aromatic carbocycles. The number of ether oxygens (including phenoxy) is 1. The van der Waals surface area contributed by atoms with E-state index in [9.17, 15) is 13.2 Å². The second kappa shape index (κ2) is 8.13. The number of aromatic nitrogens is 1. The Hall–Kier alpha value is -2.69. The van der Waals surface area contributed by atoms with Crippen molar-refractivity contribution in [2.24, 2.45) is 0 Å². The minimum Gasteiger partial charge on any atom is -0.495 e. The quantitative estimate of drug-likeness (QED) is 0.606. The number of rotatable bonds is 7. The molecule has 0 unspecified atom stereocenters. The van der Waals surface area contributed by atoms with Crippen LogP contribution in [0.4, 0.5) is 5.88 Å². The molecule has 0 aliphatic rings. The number of anilines is 1. The number of sulfonamides is 1. The maximum atomic E-state index is 12.9. The lowest BCUT2D eigenvalue weighted by Crippen LogP contribution is -2.23. The number of hydrogen-bond donors (Lipinski definition) is 2. The van der Waals surface area contributed by atoms with E-state index in [1.165, 1.54) is 31.4 Å². The zero-order valence-corrected chi connectivity index (χ0v) is 17.1. The molecule has 2 heterocycles. The van der Waals surface area contributed by atoms with Gasteiger partial charge in [0.05, 0.1) is 18.4 Å². The third-order valence-electron chi connectivity index (χ3n) is 3.91. The van der Waals surface area contributed by atoms with E-state index in [2.05, 4.69) is 15.2 Å². The highest BCUT2D eigenvalue weighted by atomic mass is 32.2. The first-order chi connectivity index (χ1) is 13.3. The Morgan fingerprint density at radius 1 is 1.32 bits per heavy atom. The fraction of sp³-hybridized carbons (Fsp3) is 0.222. The maximum absolute atomic E-state index is 12.9. The van der Waals surface area contributed by atoms with E-state index in [0.29, 0.717) is 16.8 Å². The van der Waals surface area contributed by atoms with E-state index in [4.69, 9.17) is 9.26 Å². The summed E-state index contributed by atoms with van der Waals surface area (Å²) in [7, 11) is -2.44. The number of carbonyl (C=O) groups excluding carboxylic acids is 1. The molecule has 0 aliphatic carbocycles. The summed E-state index contributed by atoms with van der Waals surface area (Å²) in [6.07, 6.45) is 0. The van der Waals surface area contributed by atoms with E-state index in [0.717, 1.165) is 4.88 Å². The van der Waals surface area contributed by atoms with Crippen LogP contribution in [0.25, 0.3) is 11.1 Å². The summed E-state index contributed by atoms with van der Waals surface area (Å²) < 4.78 is 38.7. The molecule has 10 heteroatoms. The van der Waals surface area contributed by atoms with Crippen LogP contribution in [0.5, 0.6) is 5.75 Å². The average molecular weight is 422 g/mol. The van der Waals surface area contributed by atoms with Gasteiger partial charge in [-0.3, -0.25) is 10.1 Å². The van der Waals surface area contributed by atoms with Crippen molar-refractivity contribution >= 4 is 33.2 Å². The monoisotopic (exact) mass is 421 g/mol. The standard InChI is InChI=1S/C18H19N3O5S2/c1-11-17(18(26-21-11)20-12(2)22)13-6-7-15(25-3)16(9-13)28(23,24)19-10-14-5-4-8-27-14/h4-9,19H,10H2,1-3H3,(H,20,22).